The van der Waals surface area contributed by atoms with Crippen molar-refractivity contribution < 1.29 is 9.59 Å². The molecular weight excluding hydrogens is 252 g/mol. The molecule has 1 heterocycles. The molecule has 0 aromatic heterocycles. The highest BCUT2D eigenvalue weighted by atomic mass is 16.2. The van der Waals surface area contributed by atoms with E-state index in [0.717, 1.165) is 24.2 Å². The Morgan fingerprint density at radius 3 is 2.30 bits per heavy atom. The Morgan fingerprint density at radius 2 is 1.75 bits per heavy atom. The largest absolute Gasteiger partial charge is 0.306 e. The van der Waals surface area contributed by atoms with Crippen LogP contribution in [-0.4, -0.2) is 24.4 Å². The van der Waals surface area contributed by atoms with Crippen LogP contribution in [0.25, 0.3) is 0 Å². The van der Waals surface area contributed by atoms with Crippen LogP contribution in [0.5, 0.6) is 0 Å². The van der Waals surface area contributed by atoms with E-state index in [4.69, 9.17) is 0 Å². The lowest BCUT2D eigenvalue weighted by atomic mass is 9.93. The summed E-state index contributed by atoms with van der Waals surface area (Å²) < 4.78 is 0. The Hall–Kier alpha value is -1.84. The maximum Gasteiger partial charge on any atom is 0.247 e. The number of rotatable bonds is 1. The van der Waals surface area contributed by atoms with Crippen LogP contribution < -0.4 is 9.80 Å². The Morgan fingerprint density at radius 1 is 1.15 bits per heavy atom. The van der Waals surface area contributed by atoms with Crippen molar-refractivity contribution in [1.29, 1.82) is 0 Å². The molecule has 0 unspecified atom stereocenters. The number of nitrogens with zero attached hydrogens (tertiary/aromatic N) is 2. The predicted molar refractivity (Wildman–Crippen MR) is 78.8 cm³/mol. The van der Waals surface area contributed by atoms with Gasteiger partial charge in [-0.15, -0.1) is 0 Å². The lowest BCUT2D eigenvalue weighted by Crippen LogP contribution is -2.51. The van der Waals surface area contributed by atoms with Crippen molar-refractivity contribution in [3.8, 4) is 0 Å². The molecule has 20 heavy (non-hydrogen) atoms. The zero-order valence-corrected chi connectivity index (χ0v) is 12.2. The Bertz CT molecular complexity index is 570. The van der Waals surface area contributed by atoms with Gasteiger partial charge in [0.05, 0.1) is 11.4 Å². The van der Waals surface area contributed by atoms with E-state index in [-0.39, 0.29) is 18.4 Å². The Labute approximate surface area is 119 Å². The molecule has 1 aromatic carbocycles. The van der Waals surface area contributed by atoms with E-state index in [1.54, 1.807) is 4.90 Å². The smallest absolute Gasteiger partial charge is 0.247 e. The van der Waals surface area contributed by atoms with E-state index in [9.17, 15) is 9.59 Å². The highest BCUT2D eigenvalue weighted by Gasteiger charge is 2.42. The Kier molecular flexibility index (Phi) is 2.85. The summed E-state index contributed by atoms with van der Waals surface area (Å²) in [5.74, 6) is 0.0255. The van der Waals surface area contributed by atoms with Gasteiger partial charge in [0.25, 0.3) is 0 Å². The highest BCUT2D eigenvalue weighted by molar-refractivity contribution is 6.12. The van der Waals surface area contributed by atoms with Crippen LogP contribution >= 0.6 is 0 Å². The summed E-state index contributed by atoms with van der Waals surface area (Å²) in [7, 11) is 0. The zero-order chi connectivity index (χ0) is 14.5. The van der Waals surface area contributed by atoms with Gasteiger partial charge in [-0.05, 0) is 25.0 Å². The van der Waals surface area contributed by atoms with E-state index in [2.05, 4.69) is 0 Å². The molecule has 0 spiro atoms. The summed E-state index contributed by atoms with van der Waals surface area (Å²) in [5.41, 5.74) is 1.25. The molecule has 4 heteroatoms. The number of para-hydroxylation sites is 2. The van der Waals surface area contributed by atoms with Crippen LogP contribution in [0.3, 0.4) is 0 Å². The number of carbonyl (C=O) groups is 2. The number of carbonyl (C=O) groups excluding carboxylic acids is 2. The first kappa shape index (κ1) is 13.2. The molecular formula is C16H20N2O2. The first-order valence-corrected chi connectivity index (χ1v) is 7.12. The van der Waals surface area contributed by atoms with Crippen molar-refractivity contribution in [3.63, 3.8) is 0 Å². The summed E-state index contributed by atoms with van der Waals surface area (Å²) in [6.07, 6.45) is 2.13. The first-order chi connectivity index (χ1) is 9.39. The molecule has 1 fully saturated rings. The third-order valence-electron chi connectivity index (χ3n) is 3.79. The summed E-state index contributed by atoms with van der Waals surface area (Å²) in [6, 6.07) is 8.04. The molecule has 0 saturated heterocycles. The molecule has 1 aliphatic heterocycles. The van der Waals surface area contributed by atoms with Crippen LogP contribution in [0.4, 0.5) is 11.4 Å². The molecule has 0 atom stereocenters. The number of amides is 2. The minimum atomic E-state index is -0.491. The lowest BCUT2D eigenvalue weighted by molar-refractivity contribution is -0.128. The molecule has 1 aromatic rings. The minimum Gasteiger partial charge on any atom is -0.306 e. The van der Waals surface area contributed by atoms with Crippen LogP contribution in [0, 0.1) is 5.41 Å². The average Bonchev–Trinajstić information content (AvgIpc) is 3.20. The van der Waals surface area contributed by atoms with Gasteiger partial charge in [0, 0.05) is 11.5 Å². The molecule has 4 nitrogen and oxygen atoms in total. The van der Waals surface area contributed by atoms with Gasteiger partial charge in [-0.25, -0.2) is 0 Å². The molecule has 106 valence electrons. The molecule has 0 radical (unpaired) electrons. The predicted octanol–water partition coefficient (Wildman–Crippen LogP) is 2.57. The number of hydrogen-bond donors (Lipinski definition) is 0. The molecule has 2 amide bonds. The molecule has 0 bridgehead atoms. The van der Waals surface area contributed by atoms with E-state index in [0.29, 0.717) is 6.04 Å². The average molecular weight is 272 g/mol. The third-order valence-corrected chi connectivity index (χ3v) is 3.79. The first-order valence-electron chi connectivity index (χ1n) is 7.12. The van der Waals surface area contributed by atoms with Crippen LogP contribution in [0.1, 0.15) is 33.6 Å². The monoisotopic (exact) mass is 272 g/mol. The number of hydrogen-bond acceptors (Lipinski definition) is 2. The topological polar surface area (TPSA) is 40.6 Å². The van der Waals surface area contributed by atoms with Crippen LogP contribution in [-0.2, 0) is 9.59 Å². The van der Waals surface area contributed by atoms with Gasteiger partial charge in [-0.3, -0.25) is 9.59 Å². The second-order valence-corrected chi connectivity index (χ2v) is 6.62. The summed E-state index contributed by atoms with van der Waals surface area (Å²) in [4.78, 5) is 28.5. The van der Waals surface area contributed by atoms with E-state index >= 15 is 0 Å². The van der Waals surface area contributed by atoms with Crippen LogP contribution in [0.2, 0.25) is 0 Å². The second kappa shape index (κ2) is 4.33. The maximum atomic E-state index is 12.6. The van der Waals surface area contributed by atoms with Crippen molar-refractivity contribution >= 4 is 23.2 Å². The summed E-state index contributed by atoms with van der Waals surface area (Å²) >= 11 is 0. The molecule has 2 aliphatic rings. The molecule has 1 aliphatic carbocycles. The molecule has 1 saturated carbocycles. The second-order valence-electron chi connectivity index (χ2n) is 6.62. The van der Waals surface area contributed by atoms with Gasteiger partial charge in [-0.1, -0.05) is 32.9 Å². The molecule has 0 N–H and O–H groups in total. The summed E-state index contributed by atoms with van der Waals surface area (Å²) in [5, 5.41) is 0. The third kappa shape index (κ3) is 2.09. The SMILES string of the molecule is CC(C)(C)C(=O)N1CC(=O)N(C2CC2)c2ccccc21. The van der Waals surface area contributed by atoms with Crippen molar-refractivity contribution in [2.24, 2.45) is 5.41 Å². The van der Waals surface area contributed by atoms with E-state index < -0.39 is 5.41 Å². The quantitative estimate of drug-likeness (QED) is 0.788. The zero-order valence-electron chi connectivity index (χ0n) is 12.2. The van der Waals surface area contributed by atoms with Crippen molar-refractivity contribution in [2.75, 3.05) is 16.3 Å². The molecule has 3 rings (SSSR count). The van der Waals surface area contributed by atoms with E-state index in [1.165, 1.54) is 0 Å². The van der Waals surface area contributed by atoms with Crippen molar-refractivity contribution in [1.82, 2.24) is 0 Å². The van der Waals surface area contributed by atoms with Crippen molar-refractivity contribution in [2.45, 2.75) is 39.7 Å². The maximum absolute atomic E-state index is 12.6. The van der Waals surface area contributed by atoms with Gasteiger partial charge in [-0.2, -0.15) is 0 Å². The minimum absolute atomic E-state index is 0.00579. The fraction of sp³-hybridized carbons (Fsp3) is 0.500. The van der Waals surface area contributed by atoms with Gasteiger partial charge in [0.2, 0.25) is 11.8 Å². The van der Waals surface area contributed by atoms with Crippen molar-refractivity contribution in [3.05, 3.63) is 24.3 Å². The Balaban J connectivity index is 2.04. The standard InChI is InChI=1S/C16H20N2O2/c1-16(2,3)15(20)17-10-14(19)18(11-8-9-11)13-7-5-4-6-12(13)17/h4-7,11H,8-10H2,1-3H3. The van der Waals surface area contributed by atoms with E-state index in [1.807, 2.05) is 49.9 Å². The fourth-order valence-corrected chi connectivity index (χ4v) is 2.65. The van der Waals surface area contributed by atoms with Gasteiger partial charge < -0.3 is 9.80 Å². The number of benzene rings is 1. The van der Waals surface area contributed by atoms with Gasteiger partial charge in [0.15, 0.2) is 0 Å². The normalized spacial score (nSPS) is 19.1. The highest BCUT2D eigenvalue weighted by Crippen LogP contribution is 2.41. The fourth-order valence-electron chi connectivity index (χ4n) is 2.65. The van der Waals surface area contributed by atoms with Gasteiger partial charge >= 0.3 is 0 Å². The number of anilines is 2. The lowest BCUT2D eigenvalue weighted by Gasteiger charge is -2.38. The number of fused-ring (bicyclic) bond motifs is 1. The summed E-state index contributed by atoms with van der Waals surface area (Å²) in [6.45, 7) is 5.81. The van der Waals surface area contributed by atoms with Crippen LogP contribution in [0.15, 0.2) is 24.3 Å². The van der Waals surface area contributed by atoms with Gasteiger partial charge in [0.1, 0.15) is 6.54 Å².